The van der Waals surface area contributed by atoms with Crippen molar-refractivity contribution < 1.29 is 4.79 Å². The lowest BCUT2D eigenvalue weighted by Crippen LogP contribution is -2.48. The van der Waals surface area contributed by atoms with Gasteiger partial charge < -0.3 is 10.2 Å². The third-order valence-electron chi connectivity index (χ3n) is 3.52. The maximum atomic E-state index is 12.2. The molecule has 1 amide bonds. The van der Waals surface area contributed by atoms with E-state index in [1.54, 1.807) is 0 Å². The van der Waals surface area contributed by atoms with Gasteiger partial charge in [-0.05, 0) is 32.1 Å². The van der Waals surface area contributed by atoms with Gasteiger partial charge in [-0.15, -0.1) is 0 Å². The number of nitrogens with zero attached hydrogens (tertiary/aromatic N) is 1. The maximum absolute atomic E-state index is 12.2. The van der Waals surface area contributed by atoms with E-state index in [0.717, 1.165) is 13.0 Å². The molecule has 2 aliphatic heterocycles. The van der Waals surface area contributed by atoms with Crippen LogP contribution >= 0.6 is 0 Å². The highest BCUT2D eigenvalue weighted by Gasteiger charge is 2.35. The highest BCUT2D eigenvalue weighted by molar-refractivity contribution is 5.82. The molecule has 0 spiro atoms. The Morgan fingerprint density at radius 1 is 1.27 bits per heavy atom. The fourth-order valence-electron chi connectivity index (χ4n) is 2.86. The summed E-state index contributed by atoms with van der Waals surface area (Å²) < 4.78 is 0. The molecule has 3 heteroatoms. The topological polar surface area (TPSA) is 32.3 Å². The van der Waals surface area contributed by atoms with Crippen molar-refractivity contribution in [3.05, 3.63) is 0 Å². The molecule has 2 atom stereocenters. The van der Waals surface area contributed by atoms with Crippen LogP contribution in [0.5, 0.6) is 0 Å². The Balaban J connectivity index is 2.04. The van der Waals surface area contributed by atoms with Gasteiger partial charge in [-0.25, -0.2) is 0 Å². The number of carbonyl (C=O) groups is 1. The molecule has 2 fully saturated rings. The zero-order chi connectivity index (χ0) is 10.8. The number of rotatable bonds is 2. The van der Waals surface area contributed by atoms with Crippen LogP contribution in [-0.4, -0.2) is 35.5 Å². The molecule has 86 valence electrons. The zero-order valence-electron chi connectivity index (χ0n) is 9.83. The van der Waals surface area contributed by atoms with Gasteiger partial charge in [0.25, 0.3) is 0 Å². The van der Waals surface area contributed by atoms with Crippen molar-refractivity contribution in [3.63, 3.8) is 0 Å². The van der Waals surface area contributed by atoms with Crippen molar-refractivity contribution in [2.24, 2.45) is 0 Å². The van der Waals surface area contributed by atoms with Gasteiger partial charge >= 0.3 is 0 Å². The Labute approximate surface area is 92.2 Å². The van der Waals surface area contributed by atoms with Gasteiger partial charge in [0.1, 0.15) is 0 Å². The Morgan fingerprint density at radius 2 is 2.00 bits per heavy atom. The molecular weight excluding hydrogens is 188 g/mol. The van der Waals surface area contributed by atoms with E-state index >= 15 is 0 Å². The Hall–Kier alpha value is -0.570. The largest absolute Gasteiger partial charge is 0.338 e. The first kappa shape index (κ1) is 10.9. The average molecular weight is 210 g/mol. The molecule has 15 heavy (non-hydrogen) atoms. The second-order valence-electron chi connectivity index (χ2n) is 5.13. The van der Waals surface area contributed by atoms with Crippen LogP contribution in [0.25, 0.3) is 0 Å². The summed E-state index contributed by atoms with van der Waals surface area (Å²) in [5.74, 6) is 0.351. The van der Waals surface area contributed by atoms with Crippen LogP contribution < -0.4 is 5.32 Å². The Bertz CT molecular complexity index is 240. The molecule has 0 aliphatic carbocycles. The lowest BCUT2D eigenvalue weighted by atomic mass is 10.1. The van der Waals surface area contributed by atoms with E-state index < -0.39 is 0 Å². The van der Waals surface area contributed by atoms with Crippen LogP contribution in [0.3, 0.4) is 0 Å². The SMILES string of the molecule is CC(C)NC1CCCC2CCCN2C1=O. The molecule has 2 heterocycles. The quantitative estimate of drug-likeness (QED) is 0.749. The molecule has 0 radical (unpaired) electrons. The molecule has 2 rings (SSSR count). The summed E-state index contributed by atoms with van der Waals surface area (Å²) in [6.07, 6.45) is 5.84. The van der Waals surface area contributed by atoms with Crippen LogP contribution in [0.1, 0.15) is 46.0 Å². The fraction of sp³-hybridized carbons (Fsp3) is 0.917. The van der Waals surface area contributed by atoms with Crippen molar-refractivity contribution in [3.8, 4) is 0 Å². The predicted octanol–water partition coefficient (Wildman–Crippen LogP) is 1.53. The number of hydrogen-bond acceptors (Lipinski definition) is 2. The molecule has 0 aromatic carbocycles. The summed E-state index contributed by atoms with van der Waals surface area (Å²) in [7, 11) is 0. The molecule has 0 aromatic rings. The summed E-state index contributed by atoms with van der Waals surface area (Å²) in [5.41, 5.74) is 0. The fourth-order valence-corrected chi connectivity index (χ4v) is 2.86. The second-order valence-corrected chi connectivity index (χ2v) is 5.13. The van der Waals surface area contributed by atoms with E-state index in [4.69, 9.17) is 0 Å². The number of amides is 1. The van der Waals surface area contributed by atoms with Crippen molar-refractivity contribution in [2.45, 2.75) is 64.1 Å². The molecule has 2 unspecified atom stereocenters. The van der Waals surface area contributed by atoms with Gasteiger partial charge in [0.05, 0.1) is 6.04 Å². The van der Waals surface area contributed by atoms with E-state index in [9.17, 15) is 4.79 Å². The molecule has 2 aliphatic rings. The van der Waals surface area contributed by atoms with Crippen molar-refractivity contribution in [2.75, 3.05) is 6.54 Å². The average Bonchev–Trinajstić information content (AvgIpc) is 2.58. The van der Waals surface area contributed by atoms with Gasteiger partial charge in [-0.3, -0.25) is 4.79 Å². The van der Waals surface area contributed by atoms with Crippen LogP contribution in [-0.2, 0) is 4.79 Å². The first-order valence-electron chi connectivity index (χ1n) is 6.25. The summed E-state index contributed by atoms with van der Waals surface area (Å²) in [6.45, 7) is 5.21. The molecule has 0 aromatic heterocycles. The van der Waals surface area contributed by atoms with Crippen LogP contribution in [0.2, 0.25) is 0 Å². The van der Waals surface area contributed by atoms with Crippen molar-refractivity contribution in [1.82, 2.24) is 10.2 Å². The molecule has 2 saturated heterocycles. The lowest BCUT2D eigenvalue weighted by molar-refractivity contribution is -0.133. The number of hydrogen-bond donors (Lipinski definition) is 1. The standard InChI is InChI=1S/C12H22N2O/c1-9(2)13-11-7-3-5-10-6-4-8-14(10)12(11)15/h9-11,13H,3-8H2,1-2H3. The summed E-state index contributed by atoms with van der Waals surface area (Å²) in [5, 5.41) is 3.39. The Kier molecular flexibility index (Phi) is 3.29. The van der Waals surface area contributed by atoms with Gasteiger partial charge in [-0.1, -0.05) is 13.8 Å². The summed E-state index contributed by atoms with van der Waals surface area (Å²) in [4.78, 5) is 14.3. The molecule has 0 bridgehead atoms. The van der Waals surface area contributed by atoms with Crippen LogP contribution in [0.4, 0.5) is 0 Å². The van der Waals surface area contributed by atoms with E-state index in [-0.39, 0.29) is 6.04 Å². The van der Waals surface area contributed by atoms with E-state index in [0.29, 0.717) is 18.0 Å². The third kappa shape index (κ3) is 2.33. The lowest BCUT2D eigenvalue weighted by Gasteiger charge is -2.26. The van der Waals surface area contributed by atoms with Gasteiger partial charge in [0.15, 0.2) is 0 Å². The molecule has 1 N–H and O–H groups in total. The minimum Gasteiger partial charge on any atom is -0.338 e. The van der Waals surface area contributed by atoms with Crippen LogP contribution in [0.15, 0.2) is 0 Å². The minimum absolute atomic E-state index is 0.0769. The number of fused-ring (bicyclic) bond motifs is 1. The van der Waals surface area contributed by atoms with Gasteiger partial charge in [0, 0.05) is 18.6 Å². The second kappa shape index (κ2) is 4.52. The normalized spacial score (nSPS) is 31.9. The Morgan fingerprint density at radius 3 is 2.73 bits per heavy atom. The van der Waals surface area contributed by atoms with Gasteiger partial charge in [0.2, 0.25) is 5.91 Å². The highest BCUT2D eigenvalue weighted by Crippen LogP contribution is 2.26. The summed E-state index contributed by atoms with van der Waals surface area (Å²) in [6, 6.07) is 1.03. The van der Waals surface area contributed by atoms with E-state index in [2.05, 4.69) is 24.1 Å². The monoisotopic (exact) mass is 210 g/mol. The summed E-state index contributed by atoms with van der Waals surface area (Å²) >= 11 is 0. The molecule has 3 nitrogen and oxygen atoms in total. The van der Waals surface area contributed by atoms with Gasteiger partial charge in [-0.2, -0.15) is 0 Å². The first-order valence-corrected chi connectivity index (χ1v) is 6.25. The minimum atomic E-state index is 0.0769. The highest BCUT2D eigenvalue weighted by atomic mass is 16.2. The van der Waals surface area contributed by atoms with Crippen molar-refractivity contribution >= 4 is 5.91 Å². The predicted molar refractivity (Wildman–Crippen MR) is 60.6 cm³/mol. The maximum Gasteiger partial charge on any atom is 0.239 e. The third-order valence-corrected chi connectivity index (χ3v) is 3.52. The zero-order valence-corrected chi connectivity index (χ0v) is 9.83. The van der Waals surface area contributed by atoms with E-state index in [1.165, 1.54) is 25.7 Å². The molecular formula is C12H22N2O. The van der Waals surface area contributed by atoms with E-state index in [1.807, 2.05) is 0 Å². The number of carbonyl (C=O) groups excluding carboxylic acids is 1. The van der Waals surface area contributed by atoms with Crippen molar-refractivity contribution in [1.29, 1.82) is 0 Å². The molecule has 0 saturated carbocycles. The first-order chi connectivity index (χ1) is 7.18. The smallest absolute Gasteiger partial charge is 0.239 e. The number of nitrogens with one attached hydrogen (secondary N) is 1. The van der Waals surface area contributed by atoms with Crippen LogP contribution in [0, 0.1) is 0 Å².